The number of carbonyl (C=O) groups is 1. The van der Waals surface area contributed by atoms with E-state index in [4.69, 9.17) is 0 Å². The predicted octanol–water partition coefficient (Wildman–Crippen LogP) is 1.64. The maximum absolute atomic E-state index is 12.4. The van der Waals surface area contributed by atoms with E-state index in [-0.39, 0.29) is 12.1 Å². The van der Waals surface area contributed by atoms with Gasteiger partial charge in [0, 0.05) is 24.5 Å². The van der Waals surface area contributed by atoms with Crippen molar-refractivity contribution in [3.8, 4) is 0 Å². The molecule has 3 rings (SSSR count). The van der Waals surface area contributed by atoms with Crippen LogP contribution in [-0.2, 0) is 6.54 Å². The van der Waals surface area contributed by atoms with Crippen molar-refractivity contribution in [3.63, 3.8) is 0 Å². The van der Waals surface area contributed by atoms with E-state index in [9.17, 15) is 4.79 Å². The standard InChI is InChI=1S/C14H18N6O/c21-14(15-10-12-4-3-6-16-19-12)20-7-2-1-5-13(20)11-8-17-18-9-11/h3-4,6,8-9,13H,1-2,5,7,10H2,(H,15,21)(H,17,18)/t13-/m0/s1. The number of hydrogen-bond acceptors (Lipinski definition) is 4. The van der Waals surface area contributed by atoms with Crippen molar-refractivity contribution in [2.45, 2.75) is 31.8 Å². The van der Waals surface area contributed by atoms with E-state index < -0.39 is 0 Å². The highest BCUT2D eigenvalue weighted by atomic mass is 16.2. The third-order valence-corrected chi connectivity index (χ3v) is 3.72. The van der Waals surface area contributed by atoms with E-state index in [2.05, 4.69) is 25.7 Å². The molecule has 0 aliphatic carbocycles. The summed E-state index contributed by atoms with van der Waals surface area (Å²) in [5, 5.41) is 17.5. The number of rotatable bonds is 3. The number of nitrogens with zero attached hydrogens (tertiary/aromatic N) is 4. The fourth-order valence-corrected chi connectivity index (χ4v) is 2.66. The molecule has 3 heterocycles. The van der Waals surface area contributed by atoms with Gasteiger partial charge in [-0.1, -0.05) is 0 Å². The van der Waals surface area contributed by atoms with Gasteiger partial charge in [-0.25, -0.2) is 4.79 Å². The highest BCUT2D eigenvalue weighted by Gasteiger charge is 2.28. The quantitative estimate of drug-likeness (QED) is 0.898. The molecule has 0 radical (unpaired) electrons. The van der Waals surface area contributed by atoms with Crippen LogP contribution in [0.15, 0.2) is 30.7 Å². The summed E-state index contributed by atoms with van der Waals surface area (Å²) in [6, 6.07) is 3.69. The van der Waals surface area contributed by atoms with Gasteiger partial charge in [-0.3, -0.25) is 5.10 Å². The van der Waals surface area contributed by atoms with Gasteiger partial charge in [0.2, 0.25) is 0 Å². The number of H-pyrrole nitrogens is 1. The Balaban J connectivity index is 1.64. The van der Waals surface area contributed by atoms with Gasteiger partial charge in [0.15, 0.2) is 0 Å². The maximum Gasteiger partial charge on any atom is 0.318 e. The van der Waals surface area contributed by atoms with E-state index in [1.807, 2.05) is 23.2 Å². The smallest absolute Gasteiger partial charge is 0.318 e. The average molecular weight is 286 g/mol. The fourth-order valence-electron chi connectivity index (χ4n) is 2.66. The summed E-state index contributed by atoms with van der Waals surface area (Å²) >= 11 is 0. The second-order valence-corrected chi connectivity index (χ2v) is 5.11. The molecule has 2 aromatic rings. The van der Waals surface area contributed by atoms with E-state index >= 15 is 0 Å². The molecule has 1 saturated heterocycles. The molecular formula is C14H18N6O. The first-order valence-electron chi connectivity index (χ1n) is 7.14. The van der Waals surface area contributed by atoms with Gasteiger partial charge >= 0.3 is 6.03 Å². The lowest BCUT2D eigenvalue weighted by Gasteiger charge is -2.35. The van der Waals surface area contributed by atoms with Gasteiger partial charge in [-0.05, 0) is 31.4 Å². The molecule has 1 aliphatic rings. The Morgan fingerprint density at radius 1 is 1.48 bits per heavy atom. The van der Waals surface area contributed by atoms with E-state index in [1.54, 1.807) is 12.4 Å². The van der Waals surface area contributed by atoms with Crippen molar-refractivity contribution in [3.05, 3.63) is 42.0 Å². The highest BCUT2D eigenvalue weighted by molar-refractivity contribution is 5.74. The largest absolute Gasteiger partial charge is 0.332 e. The van der Waals surface area contributed by atoms with E-state index in [0.717, 1.165) is 37.1 Å². The summed E-state index contributed by atoms with van der Waals surface area (Å²) in [6.07, 6.45) is 8.40. The molecule has 0 aromatic carbocycles. The Morgan fingerprint density at radius 2 is 2.43 bits per heavy atom. The number of amides is 2. The van der Waals surface area contributed by atoms with Crippen LogP contribution in [0.1, 0.15) is 36.6 Å². The molecule has 0 unspecified atom stereocenters. The Bertz CT molecular complexity index is 570. The van der Waals surface area contributed by atoms with Gasteiger partial charge in [0.25, 0.3) is 0 Å². The Labute approximate surface area is 122 Å². The van der Waals surface area contributed by atoms with E-state index in [0.29, 0.717) is 6.54 Å². The van der Waals surface area contributed by atoms with Gasteiger partial charge in [-0.15, -0.1) is 0 Å². The van der Waals surface area contributed by atoms with E-state index in [1.165, 1.54) is 0 Å². The molecule has 0 spiro atoms. The second kappa shape index (κ2) is 6.34. The zero-order valence-electron chi connectivity index (χ0n) is 11.7. The number of likely N-dealkylation sites (tertiary alicyclic amines) is 1. The molecule has 1 atom stereocenters. The third-order valence-electron chi connectivity index (χ3n) is 3.72. The molecule has 1 aliphatic heterocycles. The van der Waals surface area contributed by atoms with Crippen LogP contribution >= 0.6 is 0 Å². The minimum Gasteiger partial charge on any atom is -0.332 e. The highest BCUT2D eigenvalue weighted by Crippen LogP contribution is 2.30. The molecule has 7 heteroatoms. The van der Waals surface area contributed by atoms with Crippen molar-refractivity contribution >= 4 is 6.03 Å². The molecule has 1 fully saturated rings. The first-order valence-corrected chi connectivity index (χ1v) is 7.14. The predicted molar refractivity (Wildman–Crippen MR) is 76.2 cm³/mol. The number of aromatic amines is 1. The number of nitrogens with one attached hydrogen (secondary N) is 2. The van der Waals surface area contributed by atoms with Gasteiger partial charge < -0.3 is 10.2 Å². The van der Waals surface area contributed by atoms with Crippen LogP contribution in [0.5, 0.6) is 0 Å². The number of piperidine rings is 1. The summed E-state index contributed by atoms with van der Waals surface area (Å²) in [6.45, 7) is 1.16. The average Bonchev–Trinajstić information content (AvgIpc) is 3.08. The molecule has 7 nitrogen and oxygen atoms in total. The molecule has 2 aromatic heterocycles. The summed E-state index contributed by atoms with van der Waals surface area (Å²) in [5.41, 5.74) is 1.81. The Morgan fingerprint density at radius 3 is 3.19 bits per heavy atom. The number of hydrogen-bond donors (Lipinski definition) is 2. The first-order chi connectivity index (χ1) is 10.3. The lowest BCUT2D eigenvalue weighted by atomic mass is 9.98. The molecule has 2 amide bonds. The SMILES string of the molecule is O=C(NCc1cccnn1)N1CCCC[C@H]1c1cn[nH]c1. The van der Waals surface area contributed by atoms with Crippen LogP contribution in [0.2, 0.25) is 0 Å². The summed E-state index contributed by atoms with van der Waals surface area (Å²) in [5.74, 6) is 0. The van der Waals surface area contributed by atoms with Gasteiger partial charge in [0.1, 0.15) is 0 Å². The summed E-state index contributed by atoms with van der Waals surface area (Å²) in [4.78, 5) is 14.3. The maximum atomic E-state index is 12.4. The first kappa shape index (κ1) is 13.5. The van der Waals surface area contributed by atoms with Crippen LogP contribution < -0.4 is 5.32 Å². The number of urea groups is 1. The molecule has 110 valence electrons. The molecule has 0 bridgehead atoms. The van der Waals surface area contributed by atoms with Crippen LogP contribution in [0, 0.1) is 0 Å². The fraction of sp³-hybridized carbons (Fsp3) is 0.429. The minimum absolute atomic E-state index is 0.0634. The minimum atomic E-state index is -0.0634. The van der Waals surface area contributed by atoms with Crippen molar-refractivity contribution < 1.29 is 4.79 Å². The topological polar surface area (TPSA) is 86.8 Å². The third kappa shape index (κ3) is 3.18. The molecular weight excluding hydrogens is 268 g/mol. The zero-order chi connectivity index (χ0) is 14.5. The number of aromatic nitrogens is 4. The van der Waals surface area contributed by atoms with Crippen LogP contribution in [0.25, 0.3) is 0 Å². The zero-order valence-corrected chi connectivity index (χ0v) is 11.7. The van der Waals surface area contributed by atoms with Crippen molar-refractivity contribution in [2.24, 2.45) is 0 Å². The van der Waals surface area contributed by atoms with Gasteiger partial charge in [-0.2, -0.15) is 15.3 Å². The lowest BCUT2D eigenvalue weighted by molar-refractivity contribution is 0.151. The molecule has 0 saturated carbocycles. The summed E-state index contributed by atoms with van der Waals surface area (Å²) in [7, 11) is 0. The van der Waals surface area contributed by atoms with Crippen LogP contribution in [-0.4, -0.2) is 37.9 Å². The van der Waals surface area contributed by atoms with Gasteiger partial charge in [0.05, 0.1) is 24.5 Å². The molecule has 21 heavy (non-hydrogen) atoms. The number of carbonyl (C=O) groups excluding carboxylic acids is 1. The molecule has 2 N–H and O–H groups in total. The van der Waals surface area contributed by atoms with Crippen molar-refractivity contribution in [1.82, 2.24) is 30.6 Å². The Kier molecular flexibility index (Phi) is 4.09. The monoisotopic (exact) mass is 286 g/mol. The van der Waals surface area contributed by atoms with Crippen LogP contribution in [0.3, 0.4) is 0 Å². The van der Waals surface area contributed by atoms with Crippen LogP contribution in [0.4, 0.5) is 4.79 Å². The normalized spacial score (nSPS) is 18.5. The second-order valence-electron chi connectivity index (χ2n) is 5.11. The lowest BCUT2D eigenvalue weighted by Crippen LogP contribution is -2.44. The Hall–Kier alpha value is -2.44. The van der Waals surface area contributed by atoms with Crippen molar-refractivity contribution in [1.29, 1.82) is 0 Å². The summed E-state index contributed by atoms with van der Waals surface area (Å²) < 4.78 is 0. The van der Waals surface area contributed by atoms with Crippen molar-refractivity contribution in [2.75, 3.05) is 6.54 Å².